The summed E-state index contributed by atoms with van der Waals surface area (Å²) >= 11 is 0. The summed E-state index contributed by atoms with van der Waals surface area (Å²) < 4.78 is 46.6. The molecule has 0 radical (unpaired) electrons. The Morgan fingerprint density at radius 3 is 2.70 bits per heavy atom. The van der Waals surface area contributed by atoms with Crippen LogP contribution < -0.4 is 10.1 Å². The van der Waals surface area contributed by atoms with Crippen molar-refractivity contribution in [3.8, 4) is 5.75 Å². The summed E-state index contributed by atoms with van der Waals surface area (Å²) in [6, 6.07) is 8.86. The summed E-state index contributed by atoms with van der Waals surface area (Å²) in [6.07, 6.45) is 5.36. The average molecular weight is 375 g/mol. The standard InChI is InChI=1S/C20H16F3NO3/c21-20(22,23)27-19-6-2-1-5-17(19)18(25)12-14-7-8-15(24-13-14)9-10-16-4-3-11-26-16/h1-12,15,24H,13H2. The van der Waals surface area contributed by atoms with Crippen molar-refractivity contribution in [2.24, 2.45) is 0 Å². The number of halogens is 3. The average Bonchev–Trinajstić information content (AvgIpc) is 3.14. The largest absolute Gasteiger partial charge is 0.573 e. The third-order valence-electron chi connectivity index (χ3n) is 3.77. The van der Waals surface area contributed by atoms with Crippen LogP contribution in [0.1, 0.15) is 16.1 Å². The SMILES string of the molecule is O=C(C=C1C=CC(C=Cc2ccco2)NC1)c1ccccc1OC(F)(F)F. The lowest BCUT2D eigenvalue weighted by Gasteiger charge is -2.17. The zero-order valence-corrected chi connectivity index (χ0v) is 14.1. The lowest BCUT2D eigenvalue weighted by Crippen LogP contribution is -2.30. The predicted molar refractivity (Wildman–Crippen MR) is 94.2 cm³/mol. The van der Waals surface area contributed by atoms with Gasteiger partial charge in [0, 0.05) is 12.6 Å². The number of allylic oxidation sites excluding steroid dienone is 1. The van der Waals surface area contributed by atoms with Crippen molar-refractivity contribution in [2.75, 3.05) is 6.54 Å². The second kappa shape index (κ2) is 8.09. The van der Waals surface area contributed by atoms with Crippen molar-refractivity contribution in [1.29, 1.82) is 0 Å². The first kappa shape index (κ1) is 18.7. The minimum atomic E-state index is -4.86. The van der Waals surface area contributed by atoms with Gasteiger partial charge in [-0.1, -0.05) is 30.4 Å². The number of rotatable bonds is 5. The molecule has 0 spiro atoms. The molecular weight excluding hydrogens is 359 g/mol. The van der Waals surface area contributed by atoms with E-state index in [0.717, 1.165) is 11.8 Å². The minimum absolute atomic E-state index is 0.0387. The Morgan fingerprint density at radius 1 is 1.22 bits per heavy atom. The van der Waals surface area contributed by atoms with E-state index >= 15 is 0 Å². The molecule has 1 aliphatic heterocycles. The Bertz CT molecular complexity index is 880. The van der Waals surface area contributed by atoms with E-state index in [1.807, 2.05) is 24.3 Å². The van der Waals surface area contributed by atoms with Crippen molar-refractivity contribution in [3.63, 3.8) is 0 Å². The molecule has 3 rings (SSSR count). The van der Waals surface area contributed by atoms with Gasteiger partial charge in [0.05, 0.1) is 11.8 Å². The van der Waals surface area contributed by atoms with Gasteiger partial charge in [0.2, 0.25) is 0 Å². The van der Waals surface area contributed by atoms with Crippen LogP contribution in [-0.4, -0.2) is 24.7 Å². The fourth-order valence-electron chi connectivity index (χ4n) is 2.54. The quantitative estimate of drug-likeness (QED) is 0.616. The molecule has 2 heterocycles. The number of carbonyl (C=O) groups excluding carboxylic acids is 1. The van der Waals surface area contributed by atoms with Crippen LogP contribution in [0.3, 0.4) is 0 Å². The molecule has 4 nitrogen and oxygen atoms in total. The second-order valence-electron chi connectivity index (χ2n) is 5.77. The topological polar surface area (TPSA) is 51.5 Å². The second-order valence-corrected chi connectivity index (χ2v) is 5.77. The molecule has 0 saturated heterocycles. The Kier molecular flexibility index (Phi) is 5.61. The lowest BCUT2D eigenvalue weighted by atomic mass is 10.0. The van der Waals surface area contributed by atoms with Gasteiger partial charge in [0.1, 0.15) is 11.5 Å². The van der Waals surface area contributed by atoms with Gasteiger partial charge in [0.15, 0.2) is 5.78 Å². The molecule has 140 valence electrons. The van der Waals surface area contributed by atoms with Gasteiger partial charge in [-0.3, -0.25) is 4.79 Å². The molecule has 2 aromatic rings. The van der Waals surface area contributed by atoms with Crippen LogP contribution in [0, 0.1) is 0 Å². The van der Waals surface area contributed by atoms with Crippen LogP contribution >= 0.6 is 0 Å². The molecule has 1 unspecified atom stereocenters. The number of nitrogens with one attached hydrogen (secondary N) is 1. The molecule has 1 atom stereocenters. The zero-order valence-electron chi connectivity index (χ0n) is 14.1. The highest BCUT2D eigenvalue weighted by Crippen LogP contribution is 2.27. The van der Waals surface area contributed by atoms with E-state index in [0.29, 0.717) is 12.1 Å². The number of furan rings is 1. The van der Waals surface area contributed by atoms with Crippen LogP contribution in [0.5, 0.6) is 5.75 Å². The Morgan fingerprint density at radius 2 is 2.04 bits per heavy atom. The minimum Gasteiger partial charge on any atom is -0.465 e. The van der Waals surface area contributed by atoms with Gasteiger partial charge in [-0.2, -0.15) is 0 Å². The highest BCUT2D eigenvalue weighted by molar-refractivity contribution is 6.07. The highest BCUT2D eigenvalue weighted by atomic mass is 19.4. The van der Waals surface area contributed by atoms with Gasteiger partial charge in [-0.15, -0.1) is 13.2 Å². The van der Waals surface area contributed by atoms with Crippen molar-refractivity contribution in [3.05, 3.63) is 83.9 Å². The van der Waals surface area contributed by atoms with E-state index in [4.69, 9.17) is 4.42 Å². The van der Waals surface area contributed by atoms with Crippen molar-refractivity contribution in [2.45, 2.75) is 12.4 Å². The number of ether oxygens (including phenoxy) is 1. The number of para-hydroxylation sites is 1. The molecule has 7 heteroatoms. The molecular formula is C20H16F3NO3. The van der Waals surface area contributed by atoms with Gasteiger partial charge in [-0.25, -0.2) is 0 Å². The van der Waals surface area contributed by atoms with Crippen LogP contribution in [0.15, 0.2) is 77.0 Å². The third kappa shape index (κ3) is 5.46. The van der Waals surface area contributed by atoms with E-state index < -0.39 is 17.9 Å². The summed E-state index contributed by atoms with van der Waals surface area (Å²) in [5.41, 5.74) is 0.514. The van der Waals surface area contributed by atoms with Crippen LogP contribution in [0.25, 0.3) is 6.08 Å². The van der Waals surface area contributed by atoms with Crippen molar-refractivity contribution in [1.82, 2.24) is 5.32 Å². The van der Waals surface area contributed by atoms with E-state index in [-0.39, 0.29) is 11.6 Å². The maximum absolute atomic E-state index is 12.5. The van der Waals surface area contributed by atoms with Gasteiger partial charge < -0.3 is 14.5 Å². The molecule has 0 aliphatic carbocycles. The van der Waals surface area contributed by atoms with Gasteiger partial charge >= 0.3 is 6.36 Å². The van der Waals surface area contributed by atoms with E-state index in [2.05, 4.69) is 10.1 Å². The maximum Gasteiger partial charge on any atom is 0.573 e. The number of alkyl halides is 3. The number of ketones is 1. The summed E-state index contributed by atoms with van der Waals surface area (Å²) in [5.74, 6) is -0.345. The molecule has 1 aromatic carbocycles. The van der Waals surface area contributed by atoms with Crippen molar-refractivity contribution >= 4 is 11.9 Å². The first-order valence-electron chi connectivity index (χ1n) is 8.14. The number of hydrogen-bond donors (Lipinski definition) is 1. The molecule has 0 bridgehead atoms. The summed E-state index contributed by atoms with van der Waals surface area (Å²) in [7, 11) is 0. The lowest BCUT2D eigenvalue weighted by molar-refractivity contribution is -0.274. The molecule has 0 saturated carbocycles. The predicted octanol–water partition coefficient (Wildman–Crippen LogP) is 4.53. The molecule has 27 heavy (non-hydrogen) atoms. The van der Waals surface area contributed by atoms with E-state index in [1.165, 1.54) is 24.3 Å². The molecule has 0 fully saturated rings. The normalized spacial score (nSPS) is 18.9. The molecule has 1 aromatic heterocycles. The van der Waals surface area contributed by atoms with Crippen LogP contribution in [0.4, 0.5) is 13.2 Å². The highest BCUT2D eigenvalue weighted by Gasteiger charge is 2.32. The van der Waals surface area contributed by atoms with E-state index in [9.17, 15) is 18.0 Å². The summed E-state index contributed by atoms with van der Waals surface area (Å²) in [4.78, 5) is 12.4. The zero-order chi connectivity index (χ0) is 19.3. The van der Waals surface area contributed by atoms with Gasteiger partial charge in [-0.05, 0) is 42.0 Å². The monoisotopic (exact) mass is 375 g/mol. The number of carbonyl (C=O) groups is 1. The summed E-state index contributed by atoms with van der Waals surface area (Å²) in [5, 5.41) is 3.19. The Hall–Kier alpha value is -3.06. The first-order valence-corrected chi connectivity index (χ1v) is 8.14. The third-order valence-corrected chi connectivity index (χ3v) is 3.77. The fraction of sp³-hybridized carbons (Fsp3) is 0.150. The number of benzene rings is 1. The van der Waals surface area contributed by atoms with E-state index in [1.54, 1.807) is 18.4 Å². The van der Waals surface area contributed by atoms with Crippen LogP contribution in [-0.2, 0) is 0 Å². The smallest absolute Gasteiger partial charge is 0.465 e. The molecule has 1 N–H and O–H groups in total. The molecule has 1 aliphatic rings. The summed E-state index contributed by atoms with van der Waals surface area (Å²) in [6.45, 7) is 0.400. The fourth-order valence-corrected chi connectivity index (χ4v) is 2.54. The van der Waals surface area contributed by atoms with Gasteiger partial charge in [0.25, 0.3) is 0 Å². The Labute approximate surface area is 153 Å². The van der Waals surface area contributed by atoms with Crippen molar-refractivity contribution < 1.29 is 27.1 Å². The Balaban J connectivity index is 1.69. The first-order chi connectivity index (χ1) is 12.9. The molecule has 0 amide bonds. The van der Waals surface area contributed by atoms with Crippen LogP contribution in [0.2, 0.25) is 0 Å². The number of hydrogen-bond acceptors (Lipinski definition) is 4. The maximum atomic E-state index is 12.5.